The van der Waals surface area contributed by atoms with Crippen molar-refractivity contribution >= 4 is 12.2 Å². The molecule has 0 amide bonds. The summed E-state index contributed by atoms with van der Waals surface area (Å²) in [4.78, 5) is 10.5. The number of hydrogen-bond acceptors (Lipinski definition) is 2. The fourth-order valence-corrected chi connectivity index (χ4v) is 1.48. The smallest absolute Gasteiger partial charge is 0.311 e. The Kier molecular flexibility index (Phi) is 3.93. The van der Waals surface area contributed by atoms with Gasteiger partial charge in [-0.15, -0.1) is 0 Å². The van der Waals surface area contributed by atoms with Crippen LogP contribution in [0.5, 0.6) is 0 Å². The van der Waals surface area contributed by atoms with Crippen LogP contribution in [-0.2, 0) is 4.79 Å². The lowest BCUT2D eigenvalue weighted by Crippen LogP contribution is -2.14. The van der Waals surface area contributed by atoms with Gasteiger partial charge in [-0.25, -0.2) is 0 Å². The third-order valence-corrected chi connectivity index (χ3v) is 2.59. The van der Waals surface area contributed by atoms with Gasteiger partial charge in [0.2, 0.25) is 0 Å². The van der Waals surface area contributed by atoms with Crippen molar-refractivity contribution in [2.24, 2.45) is 11.8 Å². The van der Waals surface area contributed by atoms with E-state index in [2.05, 4.69) is 0 Å². The van der Waals surface area contributed by atoms with Crippen molar-refractivity contribution in [3.8, 4) is 0 Å². The van der Waals surface area contributed by atoms with Gasteiger partial charge in [0.25, 0.3) is 0 Å². The molecule has 1 atom stereocenters. The summed E-state index contributed by atoms with van der Waals surface area (Å²) in [5, 5.41) is 15.6. The molecule has 0 aromatic rings. The Morgan fingerprint density at radius 2 is 2.23 bits per heavy atom. The third-order valence-electron chi connectivity index (χ3n) is 2.59. The van der Waals surface area contributed by atoms with Gasteiger partial charge in [-0.3, -0.25) is 4.79 Å². The van der Waals surface area contributed by atoms with Gasteiger partial charge in [-0.05, 0) is 12.3 Å². The van der Waals surface area contributed by atoms with E-state index in [9.17, 15) is 4.79 Å². The van der Waals surface area contributed by atoms with Gasteiger partial charge in [-0.2, -0.15) is 0 Å². The zero-order valence-corrected chi connectivity index (χ0v) is 7.83. The second-order valence-electron chi connectivity index (χ2n) is 3.84. The van der Waals surface area contributed by atoms with E-state index in [-0.39, 0.29) is 0 Å². The number of carboxylic acid groups (broad SMARTS) is 1. The maximum absolute atomic E-state index is 10.5. The minimum absolute atomic E-state index is 0.556. The predicted molar refractivity (Wildman–Crippen MR) is 51.1 cm³/mol. The normalized spacial score (nSPS) is 18.2. The summed E-state index contributed by atoms with van der Waals surface area (Å²) in [7, 11) is 0. The monoisotopic (exact) mass is 183 g/mol. The Bertz CT molecular complexity index is 187. The molecule has 2 N–H and O–H groups in total. The summed E-state index contributed by atoms with van der Waals surface area (Å²) in [5.74, 6) is -0.483. The van der Waals surface area contributed by atoms with Gasteiger partial charge >= 0.3 is 5.97 Å². The molecule has 0 aliphatic heterocycles. The first-order valence-electron chi connectivity index (χ1n) is 4.97. The highest BCUT2D eigenvalue weighted by atomic mass is 16.4. The molecule has 74 valence electrons. The molecule has 0 bridgehead atoms. The van der Waals surface area contributed by atoms with E-state index >= 15 is 0 Å². The van der Waals surface area contributed by atoms with E-state index in [1.807, 2.05) is 0 Å². The molecule has 0 saturated heterocycles. The summed E-state index contributed by atoms with van der Waals surface area (Å²) in [6.07, 6.45) is 7.74. The van der Waals surface area contributed by atoms with Crippen molar-refractivity contribution in [2.75, 3.05) is 0 Å². The average molecular weight is 183 g/mol. The molecule has 0 radical (unpaired) electrons. The van der Waals surface area contributed by atoms with Gasteiger partial charge in [-0.1, -0.05) is 32.1 Å². The molecule has 0 aromatic heterocycles. The molecule has 3 nitrogen and oxygen atoms in total. The van der Waals surface area contributed by atoms with Crippen LogP contribution in [0.2, 0.25) is 0 Å². The summed E-state index contributed by atoms with van der Waals surface area (Å²) >= 11 is 0. The fourth-order valence-electron chi connectivity index (χ4n) is 1.48. The van der Waals surface area contributed by atoms with Crippen LogP contribution in [0.3, 0.4) is 0 Å². The minimum atomic E-state index is -0.860. The number of aliphatic carboxylic acids is 1. The lowest BCUT2D eigenvalue weighted by molar-refractivity contribution is -0.139. The first-order chi connectivity index (χ1) is 6.24. The van der Waals surface area contributed by atoms with Crippen LogP contribution >= 0.6 is 0 Å². The van der Waals surface area contributed by atoms with Gasteiger partial charge in [0.1, 0.15) is 0 Å². The minimum Gasteiger partial charge on any atom is -0.481 e. The molecule has 1 saturated carbocycles. The van der Waals surface area contributed by atoms with E-state index in [1.54, 1.807) is 0 Å². The second kappa shape index (κ2) is 5.00. The lowest BCUT2D eigenvalue weighted by atomic mass is 10.0. The van der Waals surface area contributed by atoms with Crippen LogP contribution in [0.15, 0.2) is 0 Å². The molecule has 13 heavy (non-hydrogen) atoms. The molecule has 1 aliphatic carbocycles. The average Bonchev–Trinajstić information content (AvgIpc) is 2.87. The molecule has 1 aliphatic rings. The summed E-state index contributed by atoms with van der Waals surface area (Å²) < 4.78 is 0. The third kappa shape index (κ3) is 4.06. The van der Waals surface area contributed by atoms with Crippen LogP contribution in [0.25, 0.3) is 0 Å². The number of carbonyl (C=O) groups is 1. The summed E-state index contributed by atoms with van der Waals surface area (Å²) in [5.41, 5.74) is 0. The number of nitrogens with one attached hydrogen (secondary N) is 1. The molecular formula is C10H17NO2. The van der Waals surface area contributed by atoms with E-state index in [0.717, 1.165) is 25.0 Å². The Morgan fingerprint density at radius 3 is 2.69 bits per heavy atom. The predicted octanol–water partition coefficient (Wildman–Crippen LogP) is 2.31. The highest BCUT2D eigenvalue weighted by Gasteiger charge is 2.20. The van der Waals surface area contributed by atoms with Crippen LogP contribution < -0.4 is 0 Å². The summed E-state index contributed by atoms with van der Waals surface area (Å²) in [6.45, 7) is 0. The zero-order valence-electron chi connectivity index (χ0n) is 7.83. The quantitative estimate of drug-likeness (QED) is 0.470. The molecular weight excluding hydrogens is 166 g/mol. The van der Waals surface area contributed by atoms with Crippen molar-refractivity contribution in [1.82, 2.24) is 0 Å². The molecule has 1 fully saturated rings. The first-order valence-corrected chi connectivity index (χ1v) is 4.97. The van der Waals surface area contributed by atoms with Gasteiger partial charge in [0, 0.05) is 6.21 Å². The Hall–Kier alpha value is -0.860. The molecule has 0 aromatic carbocycles. The number of unbranched alkanes of at least 4 members (excludes halogenated alkanes) is 1. The SMILES string of the molecule is N=CC(CCCCC1CC1)C(=O)O. The van der Waals surface area contributed by atoms with E-state index in [1.165, 1.54) is 19.3 Å². The van der Waals surface area contributed by atoms with E-state index in [0.29, 0.717) is 6.42 Å². The highest BCUT2D eigenvalue weighted by molar-refractivity contribution is 5.87. The van der Waals surface area contributed by atoms with E-state index in [4.69, 9.17) is 10.5 Å². The van der Waals surface area contributed by atoms with Crippen LogP contribution in [0.1, 0.15) is 38.5 Å². The molecule has 1 unspecified atom stereocenters. The van der Waals surface area contributed by atoms with Crippen molar-refractivity contribution in [2.45, 2.75) is 38.5 Å². The van der Waals surface area contributed by atoms with Crippen molar-refractivity contribution in [3.63, 3.8) is 0 Å². The fraction of sp³-hybridized carbons (Fsp3) is 0.800. The maximum Gasteiger partial charge on any atom is 0.311 e. The zero-order chi connectivity index (χ0) is 9.68. The molecule has 1 rings (SSSR count). The Labute approximate surface area is 78.7 Å². The first kappa shape index (κ1) is 10.2. The maximum atomic E-state index is 10.5. The van der Waals surface area contributed by atoms with E-state index < -0.39 is 11.9 Å². The van der Waals surface area contributed by atoms with Gasteiger partial charge in [0.15, 0.2) is 0 Å². The molecule has 3 heteroatoms. The molecule has 0 spiro atoms. The largest absolute Gasteiger partial charge is 0.481 e. The number of carboxylic acids is 1. The number of hydrogen-bond donors (Lipinski definition) is 2. The second-order valence-corrected chi connectivity index (χ2v) is 3.84. The van der Waals surface area contributed by atoms with Crippen LogP contribution in [0, 0.1) is 17.2 Å². The molecule has 0 heterocycles. The van der Waals surface area contributed by atoms with Crippen molar-refractivity contribution < 1.29 is 9.90 Å². The summed E-state index contributed by atoms with van der Waals surface area (Å²) in [6, 6.07) is 0. The highest BCUT2D eigenvalue weighted by Crippen LogP contribution is 2.34. The topological polar surface area (TPSA) is 61.2 Å². The number of rotatable bonds is 7. The Morgan fingerprint density at radius 1 is 1.54 bits per heavy atom. The Balaban J connectivity index is 2.01. The lowest BCUT2D eigenvalue weighted by Gasteiger charge is -2.04. The van der Waals surface area contributed by atoms with Crippen LogP contribution in [0.4, 0.5) is 0 Å². The van der Waals surface area contributed by atoms with Crippen molar-refractivity contribution in [3.05, 3.63) is 0 Å². The standard InChI is InChI=1S/C10H17NO2/c11-7-9(10(12)13)4-2-1-3-8-5-6-8/h7-9,11H,1-6H2,(H,12,13). The van der Waals surface area contributed by atoms with Crippen molar-refractivity contribution in [1.29, 1.82) is 5.41 Å². The van der Waals surface area contributed by atoms with Gasteiger partial charge in [0.05, 0.1) is 5.92 Å². The van der Waals surface area contributed by atoms with Gasteiger partial charge < -0.3 is 10.5 Å². The van der Waals surface area contributed by atoms with Crippen LogP contribution in [-0.4, -0.2) is 17.3 Å².